The maximum Gasteiger partial charge on any atom is 0.125 e. The highest BCUT2D eigenvalue weighted by atomic mass is 79.9. The summed E-state index contributed by atoms with van der Waals surface area (Å²) in [4.78, 5) is 9.88. The van der Waals surface area contributed by atoms with Gasteiger partial charge in [0, 0.05) is 28.2 Å². The van der Waals surface area contributed by atoms with Crippen LogP contribution < -0.4 is 0 Å². The van der Waals surface area contributed by atoms with Crippen LogP contribution in [0.15, 0.2) is 70.4 Å². The number of thiazole rings is 1. The van der Waals surface area contributed by atoms with E-state index in [1.807, 2.05) is 37.4 Å². The average molecular weight is 455 g/mol. The fraction of sp³-hybridized carbons (Fsp3) is 0.100. The molecule has 0 aliphatic rings. The topological polar surface area (TPSA) is 51.6 Å². The Balaban J connectivity index is 1.49. The van der Waals surface area contributed by atoms with Gasteiger partial charge in [-0.25, -0.2) is 4.98 Å². The highest BCUT2D eigenvalue weighted by molar-refractivity contribution is 9.10. The largest absolute Gasteiger partial charge is 0.264 e. The lowest BCUT2D eigenvalue weighted by Crippen LogP contribution is -1.90. The number of nitrogens with zero attached hydrogens (tertiary/aromatic N) is 4. The lowest BCUT2D eigenvalue weighted by atomic mass is 10.2. The summed E-state index contributed by atoms with van der Waals surface area (Å²) in [5.41, 5.74) is 4.09. The van der Waals surface area contributed by atoms with Crippen molar-refractivity contribution in [2.75, 3.05) is 0 Å². The number of thioether (sulfide) groups is 1. The summed E-state index contributed by atoms with van der Waals surface area (Å²) in [6.07, 6.45) is 3.59. The van der Waals surface area contributed by atoms with Gasteiger partial charge in [-0.15, -0.1) is 21.5 Å². The lowest BCUT2D eigenvalue weighted by molar-refractivity contribution is 0.936. The molecule has 0 N–H and O–H groups in total. The molecule has 0 radical (unpaired) electrons. The smallest absolute Gasteiger partial charge is 0.125 e. The Morgan fingerprint density at radius 3 is 2.59 bits per heavy atom. The molecule has 0 bridgehead atoms. The molecule has 0 atom stereocenters. The molecule has 0 fully saturated rings. The van der Waals surface area contributed by atoms with Crippen molar-refractivity contribution >= 4 is 39.0 Å². The molecule has 3 aromatic heterocycles. The Kier molecular flexibility index (Phi) is 5.61. The quantitative estimate of drug-likeness (QED) is 0.344. The molecule has 0 spiro atoms. The molecule has 7 heteroatoms. The Bertz CT molecular complexity index is 1030. The summed E-state index contributed by atoms with van der Waals surface area (Å²) in [6, 6.07) is 16.3. The van der Waals surface area contributed by atoms with Gasteiger partial charge in [0.05, 0.1) is 10.6 Å². The maximum absolute atomic E-state index is 4.66. The molecule has 0 saturated heterocycles. The maximum atomic E-state index is 4.66. The van der Waals surface area contributed by atoms with E-state index in [1.165, 1.54) is 5.56 Å². The minimum absolute atomic E-state index is 0.855. The van der Waals surface area contributed by atoms with Crippen LogP contribution in [0.2, 0.25) is 0 Å². The van der Waals surface area contributed by atoms with Crippen molar-refractivity contribution in [3.8, 4) is 21.1 Å². The van der Waals surface area contributed by atoms with Crippen LogP contribution in [0.5, 0.6) is 0 Å². The highest BCUT2D eigenvalue weighted by Crippen LogP contribution is 2.34. The Morgan fingerprint density at radius 2 is 1.89 bits per heavy atom. The second kappa shape index (κ2) is 8.29. The molecule has 4 aromatic rings. The molecule has 1 aromatic carbocycles. The molecule has 134 valence electrons. The zero-order valence-corrected chi connectivity index (χ0v) is 17.7. The number of pyridine rings is 1. The zero-order valence-electron chi connectivity index (χ0n) is 14.5. The third kappa shape index (κ3) is 4.43. The second-order valence-corrected chi connectivity index (χ2v) is 8.76. The first kappa shape index (κ1) is 18.3. The van der Waals surface area contributed by atoms with Crippen LogP contribution in [0.25, 0.3) is 21.1 Å². The van der Waals surface area contributed by atoms with Gasteiger partial charge in [-0.2, -0.15) is 0 Å². The molecule has 4 rings (SSSR count). The molecular weight excluding hydrogens is 440 g/mol. The summed E-state index contributed by atoms with van der Waals surface area (Å²) in [7, 11) is 0. The van der Waals surface area contributed by atoms with E-state index in [0.29, 0.717) is 0 Å². The first-order valence-electron chi connectivity index (χ1n) is 8.28. The molecule has 3 heterocycles. The van der Waals surface area contributed by atoms with E-state index in [0.717, 1.165) is 42.1 Å². The van der Waals surface area contributed by atoms with E-state index in [1.54, 1.807) is 29.3 Å². The van der Waals surface area contributed by atoms with E-state index in [4.69, 9.17) is 0 Å². The summed E-state index contributed by atoms with van der Waals surface area (Å²) in [5, 5.41) is 10.7. The third-order valence-corrected chi connectivity index (χ3v) is 6.63. The molecule has 0 aliphatic carbocycles. The van der Waals surface area contributed by atoms with Crippen molar-refractivity contribution < 1.29 is 0 Å². The number of rotatable bonds is 5. The van der Waals surface area contributed by atoms with Gasteiger partial charge >= 0.3 is 0 Å². The number of hydrogen-bond donors (Lipinski definition) is 0. The summed E-state index contributed by atoms with van der Waals surface area (Å²) < 4.78 is 1.09. The van der Waals surface area contributed by atoms with E-state index in [2.05, 4.69) is 60.4 Å². The van der Waals surface area contributed by atoms with Gasteiger partial charge in [-0.1, -0.05) is 39.8 Å². The predicted octanol–water partition coefficient (Wildman–Crippen LogP) is 6.03. The van der Waals surface area contributed by atoms with Crippen LogP contribution in [0.1, 0.15) is 11.3 Å². The van der Waals surface area contributed by atoms with Crippen LogP contribution >= 0.6 is 39.0 Å². The number of aromatic nitrogens is 4. The van der Waals surface area contributed by atoms with Crippen LogP contribution in [0.4, 0.5) is 0 Å². The molecule has 0 saturated carbocycles. The molecule has 0 unspecified atom stereocenters. The van der Waals surface area contributed by atoms with Crippen molar-refractivity contribution in [2.24, 2.45) is 0 Å². The van der Waals surface area contributed by atoms with Gasteiger partial charge in [-0.3, -0.25) is 4.98 Å². The molecular formula is C20H15BrN4S2. The number of benzene rings is 1. The van der Waals surface area contributed by atoms with Gasteiger partial charge in [0.25, 0.3) is 0 Å². The van der Waals surface area contributed by atoms with Gasteiger partial charge in [0.1, 0.15) is 15.7 Å². The standard InChI is InChI=1S/C20H15BrN4S2/c1-13-19(27-20(23-13)15-3-2-10-22-11-15)17-8-9-18(25-24-17)26-12-14-4-6-16(21)7-5-14/h2-11H,12H2,1H3. The fourth-order valence-electron chi connectivity index (χ4n) is 2.50. The van der Waals surface area contributed by atoms with Crippen LogP contribution in [-0.4, -0.2) is 20.2 Å². The molecule has 4 nitrogen and oxygen atoms in total. The minimum Gasteiger partial charge on any atom is -0.264 e. The predicted molar refractivity (Wildman–Crippen MR) is 115 cm³/mol. The molecule has 0 amide bonds. The second-order valence-electron chi connectivity index (χ2n) is 5.85. The number of aryl methyl sites for hydroxylation is 1. The highest BCUT2D eigenvalue weighted by Gasteiger charge is 2.13. The van der Waals surface area contributed by atoms with Gasteiger partial charge in [0.15, 0.2) is 0 Å². The van der Waals surface area contributed by atoms with Crippen LogP contribution in [0.3, 0.4) is 0 Å². The lowest BCUT2D eigenvalue weighted by Gasteiger charge is -2.02. The van der Waals surface area contributed by atoms with Gasteiger partial charge in [-0.05, 0) is 48.9 Å². The van der Waals surface area contributed by atoms with Crippen molar-refractivity contribution in [2.45, 2.75) is 17.7 Å². The van der Waals surface area contributed by atoms with E-state index >= 15 is 0 Å². The minimum atomic E-state index is 0.855. The fourth-order valence-corrected chi connectivity index (χ4v) is 4.56. The zero-order chi connectivity index (χ0) is 18.6. The monoisotopic (exact) mass is 454 g/mol. The number of halogens is 1. The van der Waals surface area contributed by atoms with Crippen LogP contribution in [0, 0.1) is 6.92 Å². The van der Waals surface area contributed by atoms with Crippen molar-refractivity contribution in [3.63, 3.8) is 0 Å². The van der Waals surface area contributed by atoms with Crippen molar-refractivity contribution in [1.82, 2.24) is 20.2 Å². The summed E-state index contributed by atoms with van der Waals surface area (Å²) in [5.74, 6) is 0.867. The first-order valence-corrected chi connectivity index (χ1v) is 10.9. The van der Waals surface area contributed by atoms with Gasteiger partial charge < -0.3 is 0 Å². The summed E-state index contributed by atoms with van der Waals surface area (Å²) in [6.45, 7) is 2.00. The molecule has 27 heavy (non-hydrogen) atoms. The molecule has 0 aliphatic heterocycles. The summed E-state index contributed by atoms with van der Waals surface area (Å²) >= 11 is 6.76. The van der Waals surface area contributed by atoms with E-state index in [9.17, 15) is 0 Å². The SMILES string of the molecule is Cc1nc(-c2cccnc2)sc1-c1ccc(SCc2ccc(Br)cc2)nn1. The Hall–Kier alpha value is -2.09. The van der Waals surface area contributed by atoms with Crippen molar-refractivity contribution in [1.29, 1.82) is 0 Å². The van der Waals surface area contributed by atoms with Gasteiger partial charge in [0.2, 0.25) is 0 Å². The van der Waals surface area contributed by atoms with E-state index < -0.39 is 0 Å². The third-order valence-electron chi connectivity index (χ3n) is 3.88. The van der Waals surface area contributed by atoms with E-state index in [-0.39, 0.29) is 0 Å². The Morgan fingerprint density at radius 1 is 1.04 bits per heavy atom. The van der Waals surface area contributed by atoms with Crippen LogP contribution in [-0.2, 0) is 5.75 Å². The normalized spacial score (nSPS) is 10.9. The first-order chi connectivity index (χ1) is 13.2. The number of hydrogen-bond acceptors (Lipinski definition) is 6. The van der Waals surface area contributed by atoms with Crippen molar-refractivity contribution in [3.05, 3.63) is 76.7 Å². The average Bonchev–Trinajstić information content (AvgIpc) is 3.10. The Labute approximate surface area is 174 Å².